The number of hydrogen-bond acceptors (Lipinski definition) is 5. The van der Waals surface area contributed by atoms with Gasteiger partial charge in [-0.1, -0.05) is 36.0 Å². The monoisotopic (exact) mass is 326 g/mol. The number of fused-ring (bicyclic) bond motifs is 1. The Morgan fingerprint density at radius 2 is 2.13 bits per heavy atom. The number of thioether (sulfide) groups is 1. The predicted molar refractivity (Wildman–Crippen MR) is 90.6 cm³/mol. The zero-order valence-corrected chi connectivity index (χ0v) is 13.7. The molecule has 1 aliphatic carbocycles. The molecule has 1 aliphatic rings. The largest absolute Gasteiger partial charge is 0.469 e. The van der Waals surface area contributed by atoms with Crippen LogP contribution < -0.4 is 5.84 Å². The van der Waals surface area contributed by atoms with E-state index < -0.39 is 0 Å². The van der Waals surface area contributed by atoms with Crippen molar-refractivity contribution in [3.63, 3.8) is 0 Å². The minimum atomic E-state index is 0.379. The van der Waals surface area contributed by atoms with Gasteiger partial charge in [0.25, 0.3) is 0 Å². The van der Waals surface area contributed by atoms with Crippen LogP contribution in [0.15, 0.2) is 46.2 Å². The second-order valence-corrected chi connectivity index (χ2v) is 6.93. The summed E-state index contributed by atoms with van der Waals surface area (Å²) in [5.41, 5.74) is 3.72. The zero-order valence-electron chi connectivity index (χ0n) is 12.9. The second kappa shape index (κ2) is 5.77. The van der Waals surface area contributed by atoms with Crippen LogP contribution >= 0.6 is 11.8 Å². The lowest BCUT2D eigenvalue weighted by Gasteiger charge is -2.24. The van der Waals surface area contributed by atoms with E-state index in [0.717, 1.165) is 29.3 Å². The Labute approximate surface area is 138 Å². The number of aryl methyl sites for hydroxylation is 2. The van der Waals surface area contributed by atoms with Gasteiger partial charge in [0.15, 0.2) is 5.82 Å². The van der Waals surface area contributed by atoms with Crippen LogP contribution in [0.2, 0.25) is 0 Å². The van der Waals surface area contributed by atoms with Gasteiger partial charge in [0.1, 0.15) is 5.76 Å². The molecule has 5 nitrogen and oxygen atoms in total. The highest BCUT2D eigenvalue weighted by Gasteiger charge is 2.24. The highest BCUT2D eigenvalue weighted by molar-refractivity contribution is 7.99. The maximum Gasteiger partial charge on any atom is 0.210 e. The number of rotatable bonds is 3. The number of aromatic nitrogens is 3. The number of hydrogen-bond donors (Lipinski definition) is 1. The zero-order chi connectivity index (χ0) is 15.8. The van der Waals surface area contributed by atoms with E-state index in [1.807, 2.05) is 13.0 Å². The van der Waals surface area contributed by atoms with Crippen molar-refractivity contribution in [1.29, 1.82) is 0 Å². The summed E-state index contributed by atoms with van der Waals surface area (Å²) in [5, 5.41) is 9.65. The molecule has 23 heavy (non-hydrogen) atoms. The average molecular weight is 326 g/mol. The van der Waals surface area contributed by atoms with E-state index in [1.54, 1.807) is 22.7 Å². The van der Waals surface area contributed by atoms with Crippen LogP contribution in [0.25, 0.3) is 11.4 Å². The highest BCUT2D eigenvalue weighted by atomic mass is 32.2. The fourth-order valence-corrected chi connectivity index (χ4v) is 4.30. The van der Waals surface area contributed by atoms with Crippen molar-refractivity contribution in [3.05, 3.63) is 53.5 Å². The smallest absolute Gasteiger partial charge is 0.210 e. The Morgan fingerprint density at radius 1 is 1.26 bits per heavy atom. The molecule has 0 radical (unpaired) electrons. The minimum Gasteiger partial charge on any atom is -0.469 e. The van der Waals surface area contributed by atoms with Crippen LogP contribution in [0.4, 0.5) is 0 Å². The molecular formula is C17H18N4OS. The van der Waals surface area contributed by atoms with Gasteiger partial charge in [0.2, 0.25) is 5.16 Å². The molecule has 0 bridgehead atoms. The van der Waals surface area contributed by atoms with Crippen molar-refractivity contribution < 1.29 is 4.42 Å². The van der Waals surface area contributed by atoms with E-state index in [1.165, 1.54) is 17.5 Å². The summed E-state index contributed by atoms with van der Waals surface area (Å²) in [5.74, 6) is 7.67. The van der Waals surface area contributed by atoms with Crippen LogP contribution in [0.1, 0.15) is 35.0 Å². The van der Waals surface area contributed by atoms with Crippen molar-refractivity contribution in [2.45, 2.75) is 36.6 Å². The quantitative estimate of drug-likeness (QED) is 0.743. The molecule has 1 aromatic carbocycles. The first-order valence-corrected chi connectivity index (χ1v) is 8.61. The van der Waals surface area contributed by atoms with Crippen molar-refractivity contribution in [3.8, 4) is 11.4 Å². The maximum absolute atomic E-state index is 6.23. The molecule has 2 aromatic heterocycles. The molecule has 0 saturated carbocycles. The SMILES string of the molecule is Cc1occc1-c1nnc(SC2CCCc3ccccc32)n1N. The van der Waals surface area contributed by atoms with E-state index in [0.29, 0.717) is 11.1 Å². The first-order valence-electron chi connectivity index (χ1n) is 7.73. The molecule has 2 heterocycles. The van der Waals surface area contributed by atoms with Gasteiger partial charge < -0.3 is 10.3 Å². The number of nitrogens with two attached hydrogens (primary N) is 1. The minimum absolute atomic E-state index is 0.379. The third-order valence-corrected chi connectivity index (χ3v) is 5.59. The summed E-state index contributed by atoms with van der Waals surface area (Å²) in [6, 6.07) is 10.5. The fraction of sp³-hybridized carbons (Fsp3) is 0.294. The molecule has 0 spiro atoms. The van der Waals surface area contributed by atoms with Gasteiger partial charge in [-0.05, 0) is 43.4 Å². The highest BCUT2D eigenvalue weighted by Crippen LogP contribution is 2.42. The average Bonchev–Trinajstić information content (AvgIpc) is 3.14. The van der Waals surface area contributed by atoms with Crippen LogP contribution in [-0.2, 0) is 6.42 Å². The van der Waals surface area contributed by atoms with Crippen molar-refractivity contribution in [2.24, 2.45) is 0 Å². The molecule has 1 atom stereocenters. The lowest BCUT2D eigenvalue weighted by Crippen LogP contribution is -2.13. The molecule has 6 heteroatoms. The topological polar surface area (TPSA) is 69.9 Å². The van der Waals surface area contributed by atoms with E-state index >= 15 is 0 Å². The van der Waals surface area contributed by atoms with Crippen LogP contribution in [0, 0.1) is 6.92 Å². The summed E-state index contributed by atoms with van der Waals surface area (Å²) in [7, 11) is 0. The lowest BCUT2D eigenvalue weighted by atomic mass is 9.91. The molecule has 0 amide bonds. The van der Waals surface area contributed by atoms with Gasteiger partial charge in [-0.2, -0.15) is 0 Å². The molecule has 0 fully saturated rings. The summed E-state index contributed by atoms with van der Waals surface area (Å²) in [6.07, 6.45) is 5.13. The first kappa shape index (κ1) is 14.4. The van der Waals surface area contributed by atoms with Crippen molar-refractivity contribution in [2.75, 3.05) is 5.84 Å². The van der Waals surface area contributed by atoms with Gasteiger partial charge >= 0.3 is 0 Å². The van der Waals surface area contributed by atoms with Crippen LogP contribution in [-0.4, -0.2) is 14.9 Å². The summed E-state index contributed by atoms with van der Waals surface area (Å²) in [4.78, 5) is 0. The first-order chi connectivity index (χ1) is 11.2. The molecule has 2 N–H and O–H groups in total. The van der Waals surface area contributed by atoms with E-state index in [9.17, 15) is 0 Å². The standard InChI is InChI=1S/C17H18N4OS/c1-11-13(9-10-22-11)16-19-20-17(21(16)18)23-15-8-4-6-12-5-2-3-7-14(12)15/h2-3,5,7,9-10,15H,4,6,8,18H2,1H3. The lowest BCUT2D eigenvalue weighted by molar-refractivity contribution is 0.535. The molecule has 0 aliphatic heterocycles. The number of nitrogens with zero attached hydrogens (tertiary/aromatic N) is 3. The Balaban J connectivity index is 1.64. The predicted octanol–water partition coefficient (Wildman–Crippen LogP) is 3.73. The molecule has 118 valence electrons. The third kappa shape index (κ3) is 2.53. The molecule has 3 aromatic rings. The van der Waals surface area contributed by atoms with E-state index in [4.69, 9.17) is 10.3 Å². The Hall–Kier alpha value is -2.21. The molecule has 1 unspecified atom stereocenters. The normalized spacial score (nSPS) is 17.2. The number of furan rings is 1. The Bertz CT molecular complexity index is 839. The Kier molecular flexibility index (Phi) is 3.61. The second-order valence-electron chi connectivity index (χ2n) is 5.76. The van der Waals surface area contributed by atoms with Gasteiger partial charge in [-0.15, -0.1) is 10.2 Å². The summed E-state index contributed by atoms with van der Waals surface area (Å²) < 4.78 is 6.91. The third-order valence-electron chi connectivity index (χ3n) is 4.33. The number of nitrogen functional groups attached to an aromatic ring is 1. The summed E-state index contributed by atoms with van der Waals surface area (Å²) >= 11 is 1.69. The van der Waals surface area contributed by atoms with E-state index in [-0.39, 0.29) is 0 Å². The van der Waals surface area contributed by atoms with E-state index in [2.05, 4.69) is 34.5 Å². The van der Waals surface area contributed by atoms with Gasteiger partial charge in [-0.3, -0.25) is 0 Å². The van der Waals surface area contributed by atoms with Gasteiger partial charge in [-0.25, -0.2) is 4.68 Å². The molecule has 4 rings (SSSR count). The van der Waals surface area contributed by atoms with Crippen molar-refractivity contribution in [1.82, 2.24) is 14.9 Å². The Morgan fingerprint density at radius 3 is 2.96 bits per heavy atom. The van der Waals surface area contributed by atoms with Crippen LogP contribution in [0.5, 0.6) is 0 Å². The molecular weight excluding hydrogens is 308 g/mol. The molecule has 0 saturated heterocycles. The van der Waals surface area contributed by atoms with Crippen LogP contribution in [0.3, 0.4) is 0 Å². The van der Waals surface area contributed by atoms with Gasteiger partial charge in [0.05, 0.1) is 11.8 Å². The maximum atomic E-state index is 6.23. The fourth-order valence-electron chi connectivity index (χ4n) is 3.12. The number of benzene rings is 1. The summed E-state index contributed by atoms with van der Waals surface area (Å²) in [6.45, 7) is 1.90. The van der Waals surface area contributed by atoms with Gasteiger partial charge in [0, 0.05) is 5.25 Å². The van der Waals surface area contributed by atoms with Crippen molar-refractivity contribution >= 4 is 11.8 Å².